The minimum absolute atomic E-state index is 0.00367. The number of rotatable bonds is 6. The number of benzene rings is 1. The van der Waals surface area contributed by atoms with Gasteiger partial charge in [0.1, 0.15) is 11.4 Å². The molecule has 3 rings (SSSR count). The lowest BCUT2D eigenvalue weighted by molar-refractivity contribution is 0.0581. The van der Waals surface area contributed by atoms with E-state index in [2.05, 4.69) is 5.10 Å². The molecule has 0 atom stereocenters. The van der Waals surface area contributed by atoms with Gasteiger partial charge in [0.25, 0.3) is 5.56 Å². The van der Waals surface area contributed by atoms with Crippen LogP contribution in [0.2, 0.25) is 0 Å². The van der Waals surface area contributed by atoms with Gasteiger partial charge in [0.2, 0.25) is 0 Å². The first-order valence-electron chi connectivity index (χ1n) is 9.34. The maximum atomic E-state index is 13.1. The second kappa shape index (κ2) is 9.15. The lowest BCUT2D eigenvalue weighted by atomic mass is 10.2. The molecule has 2 N–H and O–H groups in total. The number of thiophene rings is 1. The van der Waals surface area contributed by atoms with E-state index in [1.165, 1.54) is 28.0 Å². The van der Waals surface area contributed by atoms with Crippen LogP contribution in [0.5, 0.6) is 5.75 Å². The summed E-state index contributed by atoms with van der Waals surface area (Å²) in [6.07, 6.45) is -0.694. The van der Waals surface area contributed by atoms with E-state index >= 15 is 0 Å². The molecule has 2 aromatic heterocycles. The molecule has 1 amide bonds. The van der Waals surface area contributed by atoms with Crippen molar-refractivity contribution in [2.75, 3.05) is 30.0 Å². The Hall–Kier alpha value is -2.79. The fourth-order valence-corrected chi connectivity index (χ4v) is 3.92. The van der Waals surface area contributed by atoms with Gasteiger partial charge in [0, 0.05) is 35.2 Å². The van der Waals surface area contributed by atoms with Gasteiger partial charge in [-0.05, 0) is 45.0 Å². The molecular weight excluding hydrogens is 443 g/mol. The Morgan fingerprint density at radius 1 is 1.32 bits per heavy atom. The number of nitrogen functional groups attached to an aromatic ring is 1. The first-order valence-corrected chi connectivity index (χ1v) is 11.1. The second-order valence-electron chi connectivity index (χ2n) is 7.57. The Kier molecular flexibility index (Phi) is 6.75. The molecule has 0 bridgehead atoms. The number of carbonyl (C=O) groups is 1. The van der Waals surface area contributed by atoms with Crippen LogP contribution >= 0.6 is 23.5 Å². The highest BCUT2D eigenvalue weighted by Gasteiger charge is 2.28. The Balaban J connectivity index is 2.22. The van der Waals surface area contributed by atoms with Gasteiger partial charge in [0.05, 0.1) is 23.2 Å². The molecule has 0 radical (unpaired) electrons. The summed E-state index contributed by atoms with van der Waals surface area (Å²) in [4.78, 5) is 27.3. The van der Waals surface area contributed by atoms with Gasteiger partial charge in [-0.3, -0.25) is 9.69 Å². The van der Waals surface area contributed by atoms with E-state index in [0.717, 1.165) is 0 Å². The van der Waals surface area contributed by atoms with Crippen molar-refractivity contribution in [3.05, 3.63) is 40.0 Å². The maximum absolute atomic E-state index is 13.1. The van der Waals surface area contributed by atoms with E-state index < -0.39 is 17.3 Å². The van der Waals surface area contributed by atoms with Gasteiger partial charge in [0.15, 0.2) is 5.82 Å². The number of halogens is 1. The summed E-state index contributed by atoms with van der Waals surface area (Å²) in [6.45, 7) is 5.19. The van der Waals surface area contributed by atoms with Gasteiger partial charge < -0.3 is 15.2 Å². The van der Waals surface area contributed by atoms with Crippen LogP contribution in [-0.2, 0) is 4.74 Å². The molecule has 31 heavy (non-hydrogen) atoms. The minimum atomic E-state index is -0.768. The van der Waals surface area contributed by atoms with Crippen molar-refractivity contribution in [1.29, 1.82) is 0 Å². The Bertz CT molecular complexity index is 1140. The molecule has 166 valence electrons. The third-order valence-corrected chi connectivity index (χ3v) is 5.39. The first kappa shape index (κ1) is 22.9. The zero-order valence-electron chi connectivity index (χ0n) is 17.5. The zero-order chi connectivity index (χ0) is 22.8. The van der Waals surface area contributed by atoms with E-state index in [1.54, 1.807) is 50.4 Å². The van der Waals surface area contributed by atoms with Crippen molar-refractivity contribution in [1.82, 2.24) is 9.78 Å². The third-order valence-electron chi connectivity index (χ3n) is 4.24. The van der Waals surface area contributed by atoms with Crippen LogP contribution in [0.25, 0.3) is 16.5 Å². The van der Waals surface area contributed by atoms with Gasteiger partial charge in [-0.2, -0.15) is 8.57 Å². The van der Waals surface area contributed by atoms with Crippen LogP contribution in [-0.4, -0.2) is 40.9 Å². The number of anilines is 2. The van der Waals surface area contributed by atoms with Crippen LogP contribution in [0.4, 0.5) is 19.5 Å². The number of nitrogens with two attached hydrogens (primary N) is 1. The Morgan fingerprint density at radius 2 is 2.00 bits per heavy atom. The fraction of sp³-hybridized carbons (Fsp3) is 0.350. The van der Waals surface area contributed by atoms with E-state index in [-0.39, 0.29) is 35.6 Å². The quantitative estimate of drug-likeness (QED) is 0.575. The smallest absolute Gasteiger partial charge is 0.416 e. The van der Waals surface area contributed by atoms with Crippen molar-refractivity contribution in [2.45, 2.75) is 26.4 Å². The molecule has 0 aliphatic heterocycles. The predicted molar refractivity (Wildman–Crippen MR) is 123 cm³/mol. The largest absolute Gasteiger partial charge is 0.497 e. The van der Waals surface area contributed by atoms with Gasteiger partial charge in [-0.15, -0.1) is 16.4 Å². The SMILES string of the molecule is COc1ccc(-n2nc(N(CCSF)C(=O)OC(C)(C)C)c3csc(N)c3c2=O)cc1. The highest BCUT2D eigenvalue weighted by atomic mass is 32.2. The molecule has 0 saturated heterocycles. The normalized spacial score (nSPS) is 11.5. The molecule has 0 aliphatic carbocycles. The van der Waals surface area contributed by atoms with E-state index in [9.17, 15) is 13.5 Å². The number of carbonyl (C=O) groups excluding carboxylic acids is 1. The summed E-state index contributed by atoms with van der Waals surface area (Å²) in [5.41, 5.74) is 5.34. The molecule has 3 aromatic rings. The van der Waals surface area contributed by atoms with Crippen molar-refractivity contribution in [2.24, 2.45) is 0 Å². The average molecular weight is 467 g/mol. The number of fused-ring (bicyclic) bond motifs is 1. The number of methoxy groups -OCH3 is 1. The van der Waals surface area contributed by atoms with Gasteiger partial charge in [-0.1, -0.05) is 0 Å². The molecule has 0 fully saturated rings. The summed E-state index contributed by atoms with van der Waals surface area (Å²) in [7, 11) is 1.54. The summed E-state index contributed by atoms with van der Waals surface area (Å²) < 4.78 is 24.7. The number of hydrogen-bond donors (Lipinski definition) is 1. The van der Waals surface area contributed by atoms with Gasteiger partial charge in [-0.25, -0.2) is 4.79 Å². The lowest BCUT2D eigenvalue weighted by Gasteiger charge is -2.27. The van der Waals surface area contributed by atoms with Crippen molar-refractivity contribution >= 4 is 51.2 Å². The topological polar surface area (TPSA) is 99.7 Å². The van der Waals surface area contributed by atoms with Crippen LogP contribution in [0.3, 0.4) is 0 Å². The number of amides is 1. The van der Waals surface area contributed by atoms with Crippen LogP contribution in [0.15, 0.2) is 34.4 Å². The van der Waals surface area contributed by atoms with Crippen molar-refractivity contribution < 1.29 is 18.2 Å². The molecule has 0 saturated carbocycles. The molecule has 0 spiro atoms. The van der Waals surface area contributed by atoms with Gasteiger partial charge >= 0.3 is 6.09 Å². The van der Waals surface area contributed by atoms with E-state index in [4.69, 9.17) is 15.2 Å². The Labute approximate surface area is 187 Å². The van der Waals surface area contributed by atoms with Crippen LogP contribution < -0.4 is 20.9 Å². The third kappa shape index (κ3) is 4.93. The number of aromatic nitrogens is 2. The van der Waals surface area contributed by atoms with E-state index in [1.807, 2.05) is 0 Å². The second-order valence-corrected chi connectivity index (χ2v) is 9.11. The Morgan fingerprint density at radius 3 is 2.58 bits per heavy atom. The number of ether oxygens (including phenoxy) is 2. The summed E-state index contributed by atoms with van der Waals surface area (Å²) in [5, 5.41) is 7.06. The summed E-state index contributed by atoms with van der Waals surface area (Å²) in [5.74, 6) is 0.786. The van der Waals surface area contributed by atoms with Crippen molar-refractivity contribution in [3.63, 3.8) is 0 Å². The predicted octanol–water partition coefficient (Wildman–Crippen LogP) is 4.40. The first-order chi connectivity index (χ1) is 14.7. The monoisotopic (exact) mass is 466 g/mol. The number of hydrogen-bond acceptors (Lipinski definition) is 8. The standard InChI is InChI=1S/C20H23FN4O4S2/c1-20(2,3)29-19(27)24(9-10-31-21)17-14-11-30-16(22)15(14)18(26)25(23-17)12-5-7-13(28-4)8-6-12/h5-8,11H,9-10,22H2,1-4H3. The minimum Gasteiger partial charge on any atom is -0.497 e. The van der Waals surface area contributed by atoms with Crippen LogP contribution in [0, 0.1) is 0 Å². The van der Waals surface area contributed by atoms with Crippen molar-refractivity contribution in [3.8, 4) is 11.4 Å². The molecular formula is C20H23FN4O4S2. The highest BCUT2D eigenvalue weighted by molar-refractivity contribution is 7.94. The maximum Gasteiger partial charge on any atom is 0.416 e. The molecule has 0 unspecified atom stereocenters. The van der Waals surface area contributed by atoms with E-state index in [0.29, 0.717) is 21.8 Å². The lowest BCUT2D eigenvalue weighted by Crippen LogP contribution is -2.40. The highest BCUT2D eigenvalue weighted by Crippen LogP contribution is 2.33. The fourth-order valence-electron chi connectivity index (χ4n) is 2.88. The summed E-state index contributed by atoms with van der Waals surface area (Å²) in [6, 6.07) is 6.71. The summed E-state index contributed by atoms with van der Waals surface area (Å²) >= 11 is 1.27. The molecule has 0 aliphatic rings. The zero-order valence-corrected chi connectivity index (χ0v) is 19.2. The number of nitrogens with zero attached hydrogens (tertiary/aromatic N) is 3. The average Bonchev–Trinajstić information content (AvgIpc) is 3.10. The van der Waals surface area contributed by atoms with Crippen LogP contribution in [0.1, 0.15) is 20.8 Å². The molecule has 8 nitrogen and oxygen atoms in total. The molecule has 1 aromatic carbocycles. The molecule has 2 heterocycles. The molecule has 11 heteroatoms.